The van der Waals surface area contributed by atoms with Crippen molar-refractivity contribution in [2.45, 2.75) is 32.1 Å². The summed E-state index contributed by atoms with van der Waals surface area (Å²) in [5.41, 5.74) is 21.6. The third kappa shape index (κ3) is 6.49. The maximum atomic E-state index is 2.43. The lowest BCUT2D eigenvalue weighted by atomic mass is 9.78. The summed E-state index contributed by atoms with van der Waals surface area (Å²) in [4.78, 5) is 2.43. The standard InChI is InChI=1S/C57H45N/c1-57(2)55-37-30-47(42-18-10-5-11-19-42)39-54(55)53-23-13-22-52(56(53)57)48-21-12-20-46(38-48)45-28-35-51(36-29-45)58(49-31-24-43(25-32-49)40-14-6-3-7-15-40)50-33-26-44(27-34-50)41-16-8-4-9-17-41/h3-26,28-33,35-39H,27,34H2,1-2H3. The van der Waals surface area contributed by atoms with Gasteiger partial charge in [0, 0.05) is 22.5 Å². The van der Waals surface area contributed by atoms with Crippen molar-refractivity contribution >= 4 is 16.9 Å². The quantitative estimate of drug-likeness (QED) is 0.150. The Kier molecular flexibility index (Phi) is 9.07. The van der Waals surface area contributed by atoms with Crippen LogP contribution in [0.25, 0.3) is 61.2 Å². The number of rotatable bonds is 8. The van der Waals surface area contributed by atoms with E-state index in [-0.39, 0.29) is 5.41 Å². The summed E-state index contributed by atoms with van der Waals surface area (Å²) in [6, 6.07) is 73.2. The van der Waals surface area contributed by atoms with Crippen molar-refractivity contribution in [3.63, 3.8) is 0 Å². The second-order valence-corrected chi connectivity index (χ2v) is 16.1. The van der Waals surface area contributed by atoms with E-state index in [1.165, 1.54) is 83.6 Å². The topological polar surface area (TPSA) is 3.24 Å². The molecule has 58 heavy (non-hydrogen) atoms. The van der Waals surface area contributed by atoms with Crippen molar-refractivity contribution in [3.8, 4) is 55.6 Å². The molecule has 1 heteroatoms. The van der Waals surface area contributed by atoms with Gasteiger partial charge in [-0.2, -0.15) is 0 Å². The van der Waals surface area contributed by atoms with Crippen LogP contribution in [0.2, 0.25) is 0 Å². The van der Waals surface area contributed by atoms with E-state index < -0.39 is 0 Å². The van der Waals surface area contributed by atoms with Crippen LogP contribution in [0.15, 0.2) is 218 Å². The van der Waals surface area contributed by atoms with Crippen molar-refractivity contribution in [3.05, 3.63) is 235 Å². The average molecular weight is 744 g/mol. The molecule has 0 aromatic heterocycles. The molecule has 2 aliphatic rings. The molecular weight excluding hydrogens is 699 g/mol. The molecule has 0 N–H and O–H groups in total. The molecule has 0 amide bonds. The lowest BCUT2D eigenvalue weighted by Crippen LogP contribution is -2.17. The van der Waals surface area contributed by atoms with Crippen LogP contribution in [0.4, 0.5) is 11.4 Å². The number of anilines is 2. The predicted octanol–water partition coefficient (Wildman–Crippen LogP) is 15.6. The first-order chi connectivity index (χ1) is 28.5. The first-order valence-electron chi connectivity index (χ1n) is 20.5. The minimum absolute atomic E-state index is 0.123. The Labute approximate surface area is 342 Å². The molecule has 0 bridgehead atoms. The lowest BCUT2D eigenvalue weighted by molar-refractivity contribution is 0.662. The number of nitrogens with zero attached hydrogens (tertiary/aromatic N) is 1. The van der Waals surface area contributed by atoms with Gasteiger partial charge < -0.3 is 4.90 Å². The van der Waals surface area contributed by atoms with Crippen LogP contribution >= 0.6 is 0 Å². The molecule has 278 valence electrons. The number of benzene rings is 8. The number of fused-ring (bicyclic) bond motifs is 3. The van der Waals surface area contributed by atoms with E-state index in [1.807, 2.05) is 0 Å². The van der Waals surface area contributed by atoms with Gasteiger partial charge in [-0.1, -0.05) is 184 Å². The Morgan fingerprint density at radius 1 is 0.362 bits per heavy atom. The summed E-state index contributed by atoms with van der Waals surface area (Å²) >= 11 is 0. The van der Waals surface area contributed by atoms with Crippen molar-refractivity contribution in [1.29, 1.82) is 0 Å². The van der Waals surface area contributed by atoms with E-state index in [0.29, 0.717) is 0 Å². The second-order valence-electron chi connectivity index (χ2n) is 16.1. The molecule has 0 unspecified atom stereocenters. The molecule has 0 heterocycles. The van der Waals surface area contributed by atoms with Crippen LogP contribution in [0, 0.1) is 0 Å². The maximum Gasteiger partial charge on any atom is 0.0458 e. The van der Waals surface area contributed by atoms with Gasteiger partial charge >= 0.3 is 0 Å². The zero-order valence-corrected chi connectivity index (χ0v) is 33.1. The van der Waals surface area contributed by atoms with Gasteiger partial charge in [0.15, 0.2) is 0 Å². The van der Waals surface area contributed by atoms with Gasteiger partial charge in [-0.15, -0.1) is 0 Å². The fourth-order valence-electron chi connectivity index (χ4n) is 9.24. The zero-order chi connectivity index (χ0) is 39.1. The summed E-state index contributed by atoms with van der Waals surface area (Å²) in [7, 11) is 0. The van der Waals surface area contributed by atoms with Crippen LogP contribution < -0.4 is 4.90 Å². The first-order valence-corrected chi connectivity index (χ1v) is 20.5. The lowest BCUT2D eigenvalue weighted by Gasteiger charge is -2.30. The Morgan fingerprint density at radius 2 is 0.845 bits per heavy atom. The summed E-state index contributed by atoms with van der Waals surface area (Å²) in [6.07, 6.45) is 6.58. The predicted molar refractivity (Wildman–Crippen MR) is 246 cm³/mol. The van der Waals surface area contributed by atoms with Gasteiger partial charge in [0.05, 0.1) is 0 Å². The smallest absolute Gasteiger partial charge is 0.0458 e. The van der Waals surface area contributed by atoms with Crippen LogP contribution in [0.3, 0.4) is 0 Å². The van der Waals surface area contributed by atoms with Gasteiger partial charge in [-0.25, -0.2) is 0 Å². The molecule has 0 saturated carbocycles. The third-order valence-electron chi connectivity index (χ3n) is 12.2. The van der Waals surface area contributed by atoms with E-state index in [2.05, 4.69) is 231 Å². The maximum absolute atomic E-state index is 2.43. The molecule has 0 spiro atoms. The fourth-order valence-corrected chi connectivity index (χ4v) is 9.24. The van der Waals surface area contributed by atoms with E-state index in [4.69, 9.17) is 0 Å². The molecule has 0 aliphatic heterocycles. The number of allylic oxidation sites excluding steroid dienone is 4. The van der Waals surface area contributed by atoms with E-state index >= 15 is 0 Å². The molecular formula is C57H45N. The van der Waals surface area contributed by atoms with Gasteiger partial charge in [-0.05, 0) is 133 Å². The van der Waals surface area contributed by atoms with Crippen LogP contribution in [0.5, 0.6) is 0 Å². The minimum atomic E-state index is -0.123. The van der Waals surface area contributed by atoms with Crippen molar-refractivity contribution in [1.82, 2.24) is 0 Å². The number of hydrogen-bond acceptors (Lipinski definition) is 1. The molecule has 10 rings (SSSR count). The summed E-state index contributed by atoms with van der Waals surface area (Å²) in [5, 5.41) is 0. The Morgan fingerprint density at radius 3 is 1.47 bits per heavy atom. The van der Waals surface area contributed by atoms with Crippen molar-refractivity contribution in [2.24, 2.45) is 0 Å². The Bertz CT molecular complexity index is 2810. The molecule has 0 atom stereocenters. The van der Waals surface area contributed by atoms with Crippen molar-refractivity contribution in [2.75, 3.05) is 4.90 Å². The molecule has 8 aromatic rings. The SMILES string of the molecule is CC1(C)c2ccc(-c3ccccc3)cc2-c2cccc(-c3cccc(-c4ccc(N(C5=CC=C(c6ccccc6)CC5)c5ccc(-c6ccccc6)cc5)cc4)c3)c21. The van der Waals surface area contributed by atoms with Gasteiger partial charge in [0.1, 0.15) is 0 Å². The molecule has 0 radical (unpaired) electrons. The highest BCUT2D eigenvalue weighted by molar-refractivity contribution is 5.91. The molecule has 0 saturated heterocycles. The third-order valence-corrected chi connectivity index (χ3v) is 12.2. The molecule has 1 nitrogen and oxygen atoms in total. The highest BCUT2D eigenvalue weighted by Gasteiger charge is 2.37. The van der Waals surface area contributed by atoms with Gasteiger partial charge in [0.2, 0.25) is 0 Å². The Hall–Kier alpha value is -6.96. The summed E-state index contributed by atoms with van der Waals surface area (Å²) < 4.78 is 0. The van der Waals surface area contributed by atoms with Crippen LogP contribution in [0.1, 0.15) is 43.4 Å². The highest BCUT2D eigenvalue weighted by atomic mass is 15.1. The summed E-state index contributed by atoms with van der Waals surface area (Å²) in [5.74, 6) is 0. The van der Waals surface area contributed by atoms with E-state index in [0.717, 1.165) is 24.2 Å². The number of hydrogen-bond donors (Lipinski definition) is 0. The second kappa shape index (κ2) is 14.8. The van der Waals surface area contributed by atoms with E-state index in [9.17, 15) is 0 Å². The van der Waals surface area contributed by atoms with Crippen LogP contribution in [-0.4, -0.2) is 0 Å². The molecule has 0 fully saturated rings. The summed E-state index contributed by atoms with van der Waals surface area (Å²) in [6.45, 7) is 4.76. The fraction of sp³-hybridized carbons (Fsp3) is 0.0877. The molecule has 2 aliphatic carbocycles. The monoisotopic (exact) mass is 743 g/mol. The van der Waals surface area contributed by atoms with Crippen LogP contribution in [-0.2, 0) is 5.41 Å². The first kappa shape index (κ1) is 35.5. The zero-order valence-electron chi connectivity index (χ0n) is 33.1. The molecule has 8 aromatic carbocycles. The van der Waals surface area contributed by atoms with Gasteiger partial charge in [-0.3, -0.25) is 0 Å². The van der Waals surface area contributed by atoms with Crippen molar-refractivity contribution < 1.29 is 0 Å². The largest absolute Gasteiger partial charge is 0.314 e. The average Bonchev–Trinajstić information content (AvgIpc) is 3.53. The normalized spacial score (nSPS) is 13.9. The highest BCUT2D eigenvalue weighted by Crippen LogP contribution is 2.53. The minimum Gasteiger partial charge on any atom is -0.314 e. The van der Waals surface area contributed by atoms with Gasteiger partial charge in [0.25, 0.3) is 0 Å². The van der Waals surface area contributed by atoms with E-state index in [1.54, 1.807) is 0 Å². The Balaban J connectivity index is 0.989.